The van der Waals surface area contributed by atoms with Crippen LogP contribution in [0, 0.1) is 5.82 Å². The number of imidazole rings is 1. The van der Waals surface area contributed by atoms with Gasteiger partial charge in [-0.25, -0.2) is 9.18 Å². The summed E-state index contributed by atoms with van der Waals surface area (Å²) >= 11 is 0. The molecular weight excluding hydrogens is 207 g/mol. The number of halogens is 1. The van der Waals surface area contributed by atoms with E-state index in [1.165, 1.54) is 12.1 Å². The van der Waals surface area contributed by atoms with Gasteiger partial charge in [0.25, 0.3) is 0 Å². The highest BCUT2D eigenvalue weighted by Crippen LogP contribution is 2.24. The van der Waals surface area contributed by atoms with Crippen LogP contribution in [0.5, 0.6) is 0 Å². The SMILES string of the molecule is CC(C)c1[nH]c(=O)[nH]c1-c1ccc(F)cc1. The Morgan fingerprint density at radius 1 is 1.12 bits per heavy atom. The van der Waals surface area contributed by atoms with Gasteiger partial charge in [0.05, 0.1) is 5.69 Å². The topological polar surface area (TPSA) is 48.6 Å². The Balaban J connectivity index is 2.55. The van der Waals surface area contributed by atoms with Crippen LogP contribution in [-0.4, -0.2) is 9.97 Å². The highest BCUT2D eigenvalue weighted by atomic mass is 19.1. The van der Waals surface area contributed by atoms with Crippen molar-refractivity contribution in [1.29, 1.82) is 0 Å². The first-order valence-electron chi connectivity index (χ1n) is 5.16. The summed E-state index contributed by atoms with van der Waals surface area (Å²) in [7, 11) is 0. The molecule has 84 valence electrons. The van der Waals surface area contributed by atoms with Gasteiger partial charge in [0.1, 0.15) is 5.82 Å². The molecule has 0 atom stereocenters. The largest absolute Gasteiger partial charge is 0.323 e. The van der Waals surface area contributed by atoms with Crippen LogP contribution in [0.15, 0.2) is 29.1 Å². The van der Waals surface area contributed by atoms with Crippen molar-refractivity contribution in [2.24, 2.45) is 0 Å². The summed E-state index contributed by atoms with van der Waals surface area (Å²) < 4.78 is 12.8. The smallest absolute Gasteiger partial charge is 0.309 e. The molecule has 0 amide bonds. The molecule has 1 aromatic heterocycles. The van der Waals surface area contributed by atoms with E-state index in [4.69, 9.17) is 0 Å². The van der Waals surface area contributed by atoms with Crippen LogP contribution in [0.25, 0.3) is 11.3 Å². The molecule has 3 nitrogen and oxygen atoms in total. The summed E-state index contributed by atoms with van der Waals surface area (Å²) in [5, 5.41) is 0. The van der Waals surface area contributed by atoms with E-state index in [-0.39, 0.29) is 17.4 Å². The number of hydrogen-bond donors (Lipinski definition) is 2. The fraction of sp³-hybridized carbons (Fsp3) is 0.250. The Morgan fingerprint density at radius 3 is 2.31 bits per heavy atom. The molecule has 0 saturated carbocycles. The van der Waals surface area contributed by atoms with Crippen molar-refractivity contribution in [3.63, 3.8) is 0 Å². The molecule has 1 aromatic carbocycles. The van der Waals surface area contributed by atoms with Gasteiger partial charge in [-0.1, -0.05) is 13.8 Å². The number of aromatic nitrogens is 2. The van der Waals surface area contributed by atoms with E-state index in [1.807, 2.05) is 13.8 Å². The first-order chi connectivity index (χ1) is 7.58. The molecule has 0 aliphatic carbocycles. The van der Waals surface area contributed by atoms with Gasteiger partial charge in [-0.2, -0.15) is 0 Å². The van der Waals surface area contributed by atoms with Crippen LogP contribution in [0.2, 0.25) is 0 Å². The highest BCUT2D eigenvalue weighted by molar-refractivity contribution is 5.62. The second kappa shape index (κ2) is 3.96. The molecule has 0 spiro atoms. The molecule has 2 N–H and O–H groups in total. The summed E-state index contributed by atoms with van der Waals surface area (Å²) in [6, 6.07) is 6.07. The zero-order valence-corrected chi connectivity index (χ0v) is 9.17. The van der Waals surface area contributed by atoms with Crippen molar-refractivity contribution in [3.05, 3.63) is 46.3 Å². The maximum atomic E-state index is 12.8. The van der Waals surface area contributed by atoms with E-state index in [0.29, 0.717) is 0 Å². The van der Waals surface area contributed by atoms with Gasteiger partial charge in [-0.15, -0.1) is 0 Å². The number of aromatic amines is 2. The van der Waals surface area contributed by atoms with Crippen molar-refractivity contribution in [1.82, 2.24) is 9.97 Å². The van der Waals surface area contributed by atoms with E-state index < -0.39 is 0 Å². The van der Waals surface area contributed by atoms with Gasteiger partial charge in [0.15, 0.2) is 0 Å². The summed E-state index contributed by atoms with van der Waals surface area (Å²) in [4.78, 5) is 16.8. The number of H-pyrrole nitrogens is 2. The molecule has 16 heavy (non-hydrogen) atoms. The molecule has 1 heterocycles. The number of benzene rings is 1. The summed E-state index contributed by atoms with van der Waals surface area (Å²) in [5.74, 6) is -0.0771. The molecular formula is C12H13FN2O. The predicted octanol–water partition coefficient (Wildman–Crippen LogP) is 2.63. The molecule has 0 bridgehead atoms. The van der Waals surface area contributed by atoms with Crippen molar-refractivity contribution < 1.29 is 4.39 Å². The Labute approximate surface area is 92.3 Å². The molecule has 2 aromatic rings. The molecule has 0 aliphatic heterocycles. The van der Waals surface area contributed by atoms with Crippen LogP contribution in [0.4, 0.5) is 4.39 Å². The van der Waals surface area contributed by atoms with E-state index in [9.17, 15) is 9.18 Å². The lowest BCUT2D eigenvalue weighted by Crippen LogP contribution is -2.01. The summed E-state index contributed by atoms with van der Waals surface area (Å²) in [6.07, 6.45) is 0. The van der Waals surface area contributed by atoms with Gasteiger partial charge in [0.2, 0.25) is 0 Å². The Kier molecular flexibility index (Phi) is 2.64. The highest BCUT2D eigenvalue weighted by Gasteiger charge is 2.12. The average molecular weight is 220 g/mol. The van der Waals surface area contributed by atoms with Gasteiger partial charge in [-0.05, 0) is 30.2 Å². The van der Waals surface area contributed by atoms with Crippen molar-refractivity contribution in [2.75, 3.05) is 0 Å². The maximum Gasteiger partial charge on any atom is 0.323 e. The van der Waals surface area contributed by atoms with E-state index >= 15 is 0 Å². The quantitative estimate of drug-likeness (QED) is 0.803. The van der Waals surface area contributed by atoms with Crippen LogP contribution in [-0.2, 0) is 0 Å². The Bertz CT molecular complexity index is 537. The fourth-order valence-corrected chi connectivity index (χ4v) is 1.67. The second-order valence-corrected chi connectivity index (χ2v) is 4.03. The van der Waals surface area contributed by atoms with E-state index in [2.05, 4.69) is 9.97 Å². The third-order valence-corrected chi connectivity index (χ3v) is 2.47. The first kappa shape index (κ1) is 10.7. The lowest BCUT2D eigenvalue weighted by Gasteiger charge is -2.05. The third-order valence-electron chi connectivity index (χ3n) is 2.47. The second-order valence-electron chi connectivity index (χ2n) is 4.03. The minimum absolute atomic E-state index is 0.207. The summed E-state index contributed by atoms with van der Waals surface area (Å²) in [5.41, 5.74) is 2.16. The van der Waals surface area contributed by atoms with Gasteiger partial charge in [-0.3, -0.25) is 0 Å². The lowest BCUT2D eigenvalue weighted by atomic mass is 10.0. The molecule has 4 heteroatoms. The van der Waals surface area contributed by atoms with Crippen molar-refractivity contribution in [3.8, 4) is 11.3 Å². The third kappa shape index (κ3) is 1.91. The number of rotatable bonds is 2. The van der Waals surface area contributed by atoms with Gasteiger partial charge >= 0.3 is 5.69 Å². The normalized spacial score (nSPS) is 11.0. The standard InChI is InChI=1S/C12H13FN2O/c1-7(2)10-11(15-12(16)14-10)8-3-5-9(13)6-4-8/h3-7H,1-2H3,(H2,14,15,16). The zero-order chi connectivity index (χ0) is 11.7. The van der Waals surface area contributed by atoms with Crippen molar-refractivity contribution in [2.45, 2.75) is 19.8 Å². The molecule has 0 saturated heterocycles. The minimum Gasteiger partial charge on any atom is -0.309 e. The molecule has 2 rings (SSSR count). The van der Waals surface area contributed by atoms with Gasteiger partial charge < -0.3 is 9.97 Å². The average Bonchev–Trinajstić information content (AvgIpc) is 2.61. The van der Waals surface area contributed by atoms with Crippen molar-refractivity contribution >= 4 is 0 Å². The maximum absolute atomic E-state index is 12.8. The number of nitrogens with one attached hydrogen (secondary N) is 2. The number of hydrogen-bond acceptors (Lipinski definition) is 1. The predicted molar refractivity (Wildman–Crippen MR) is 60.9 cm³/mol. The molecule has 0 fully saturated rings. The summed E-state index contributed by atoms with van der Waals surface area (Å²) in [6.45, 7) is 3.98. The lowest BCUT2D eigenvalue weighted by molar-refractivity contribution is 0.628. The van der Waals surface area contributed by atoms with E-state index in [0.717, 1.165) is 17.0 Å². The molecule has 0 unspecified atom stereocenters. The van der Waals surface area contributed by atoms with Crippen LogP contribution in [0.3, 0.4) is 0 Å². The van der Waals surface area contributed by atoms with Crippen LogP contribution in [0.1, 0.15) is 25.5 Å². The first-order valence-corrected chi connectivity index (χ1v) is 5.16. The zero-order valence-electron chi connectivity index (χ0n) is 9.17. The fourth-order valence-electron chi connectivity index (χ4n) is 1.67. The molecule has 0 radical (unpaired) electrons. The monoisotopic (exact) mass is 220 g/mol. The minimum atomic E-state index is -0.285. The van der Waals surface area contributed by atoms with Gasteiger partial charge in [0, 0.05) is 11.3 Å². The van der Waals surface area contributed by atoms with E-state index in [1.54, 1.807) is 12.1 Å². The Hall–Kier alpha value is -1.84. The van der Waals surface area contributed by atoms with Crippen LogP contribution >= 0.6 is 0 Å². The molecule has 0 aliphatic rings. The Morgan fingerprint density at radius 2 is 1.75 bits per heavy atom. The van der Waals surface area contributed by atoms with Crippen LogP contribution < -0.4 is 5.69 Å².